The Morgan fingerprint density at radius 2 is 2.12 bits per heavy atom. The monoisotopic (exact) mass is 231 g/mol. The molecule has 2 nitrogen and oxygen atoms in total. The fraction of sp³-hybridized carbons (Fsp3) is 0.667. The Kier molecular flexibility index (Phi) is 2.81. The Balaban J connectivity index is 1.80. The van der Waals surface area contributed by atoms with Gasteiger partial charge in [-0.3, -0.25) is 4.79 Å². The molecule has 0 unspecified atom stereocenters. The number of nitrogens with zero attached hydrogens (tertiary/aromatic N) is 1. The summed E-state index contributed by atoms with van der Waals surface area (Å²) in [7, 11) is 0. The molecule has 2 heteroatoms. The van der Waals surface area contributed by atoms with Crippen molar-refractivity contribution in [1.29, 1.82) is 0 Å². The van der Waals surface area contributed by atoms with E-state index >= 15 is 0 Å². The molecular weight excluding hydrogens is 210 g/mol. The van der Waals surface area contributed by atoms with Gasteiger partial charge in [0, 0.05) is 29.9 Å². The van der Waals surface area contributed by atoms with Crippen LogP contribution in [0.2, 0.25) is 0 Å². The first-order valence-electron chi connectivity index (χ1n) is 6.98. The minimum absolute atomic E-state index is 0.358. The van der Waals surface area contributed by atoms with Crippen LogP contribution in [0.3, 0.4) is 0 Å². The molecule has 0 amide bonds. The van der Waals surface area contributed by atoms with Gasteiger partial charge >= 0.3 is 0 Å². The summed E-state index contributed by atoms with van der Waals surface area (Å²) in [4.78, 5) is 11.8. The Hall–Kier alpha value is -1.05. The molecule has 0 N–H and O–H groups in total. The fourth-order valence-corrected chi connectivity index (χ4v) is 3.19. The van der Waals surface area contributed by atoms with Crippen molar-refractivity contribution in [2.75, 3.05) is 0 Å². The number of carbonyl (C=O) groups excluding carboxylic acids is 1. The maximum atomic E-state index is 11.8. The molecule has 17 heavy (non-hydrogen) atoms. The van der Waals surface area contributed by atoms with Gasteiger partial charge in [-0.2, -0.15) is 0 Å². The lowest BCUT2D eigenvalue weighted by molar-refractivity contribution is 0.0971. The van der Waals surface area contributed by atoms with Gasteiger partial charge in [-0.25, -0.2) is 0 Å². The van der Waals surface area contributed by atoms with Gasteiger partial charge in [0.2, 0.25) is 0 Å². The van der Waals surface area contributed by atoms with Crippen molar-refractivity contribution >= 4 is 5.78 Å². The third-order valence-corrected chi connectivity index (χ3v) is 4.52. The lowest BCUT2D eigenvalue weighted by Gasteiger charge is -2.26. The summed E-state index contributed by atoms with van der Waals surface area (Å²) in [6.45, 7) is 3.27. The molecule has 1 aromatic rings. The number of ketones is 1. The second-order valence-corrected chi connectivity index (χ2v) is 5.66. The Morgan fingerprint density at radius 3 is 2.82 bits per heavy atom. The average Bonchev–Trinajstić information content (AvgIpc) is 2.55. The number of fused-ring (bicyclic) bond motifs is 1. The summed E-state index contributed by atoms with van der Waals surface area (Å²) >= 11 is 0. The number of carbonyl (C=O) groups is 1. The average molecular weight is 231 g/mol. The summed E-state index contributed by atoms with van der Waals surface area (Å²) in [6.07, 6.45) is 8.45. The summed E-state index contributed by atoms with van der Waals surface area (Å²) in [5.41, 5.74) is 3.62. The highest BCUT2D eigenvalue weighted by molar-refractivity contribution is 5.98. The van der Waals surface area contributed by atoms with Crippen LogP contribution in [0.15, 0.2) is 6.07 Å². The second-order valence-electron chi connectivity index (χ2n) is 5.66. The smallest absolute Gasteiger partial charge is 0.164 e. The molecule has 92 valence electrons. The number of aromatic nitrogens is 1. The zero-order valence-corrected chi connectivity index (χ0v) is 10.7. The van der Waals surface area contributed by atoms with Gasteiger partial charge in [0.25, 0.3) is 0 Å². The summed E-state index contributed by atoms with van der Waals surface area (Å²) in [5, 5.41) is 0. The van der Waals surface area contributed by atoms with Gasteiger partial charge in [-0.05, 0) is 38.2 Å². The van der Waals surface area contributed by atoms with Crippen molar-refractivity contribution in [3.63, 3.8) is 0 Å². The van der Waals surface area contributed by atoms with Crippen LogP contribution in [-0.4, -0.2) is 10.4 Å². The van der Waals surface area contributed by atoms with E-state index in [0.29, 0.717) is 5.78 Å². The van der Waals surface area contributed by atoms with Crippen molar-refractivity contribution in [1.82, 2.24) is 4.57 Å². The Labute approximate surface area is 103 Å². The van der Waals surface area contributed by atoms with Crippen LogP contribution < -0.4 is 0 Å². The molecule has 1 saturated carbocycles. The molecule has 0 atom stereocenters. The van der Waals surface area contributed by atoms with Gasteiger partial charge in [-0.15, -0.1) is 0 Å². The summed E-state index contributed by atoms with van der Waals surface area (Å²) < 4.78 is 2.41. The lowest BCUT2D eigenvalue weighted by atomic mass is 9.83. The predicted octanol–water partition coefficient (Wildman–Crippen LogP) is 3.51. The fourth-order valence-electron chi connectivity index (χ4n) is 3.19. The van der Waals surface area contributed by atoms with Crippen LogP contribution in [-0.2, 0) is 13.0 Å². The lowest BCUT2D eigenvalue weighted by Crippen LogP contribution is -2.17. The van der Waals surface area contributed by atoms with Crippen molar-refractivity contribution in [2.45, 2.75) is 58.4 Å². The van der Waals surface area contributed by atoms with Crippen molar-refractivity contribution in [3.8, 4) is 0 Å². The van der Waals surface area contributed by atoms with Crippen LogP contribution in [0.25, 0.3) is 0 Å². The molecule has 2 aliphatic carbocycles. The van der Waals surface area contributed by atoms with Crippen LogP contribution in [0, 0.1) is 12.8 Å². The van der Waals surface area contributed by atoms with Gasteiger partial charge in [0.05, 0.1) is 0 Å². The highest BCUT2D eigenvalue weighted by atomic mass is 16.1. The molecule has 0 aromatic carbocycles. The molecule has 3 rings (SSSR count). The summed E-state index contributed by atoms with van der Waals surface area (Å²) in [5.74, 6) is 1.31. The van der Waals surface area contributed by atoms with E-state index in [1.54, 1.807) is 0 Å². The first kappa shape index (κ1) is 11.1. The maximum absolute atomic E-state index is 11.8. The zero-order valence-electron chi connectivity index (χ0n) is 10.7. The molecular formula is C15H21NO. The van der Waals surface area contributed by atoms with E-state index in [4.69, 9.17) is 0 Å². The normalized spacial score (nSPS) is 20.2. The molecule has 0 spiro atoms. The zero-order chi connectivity index (χ0) is 11.8. The molecule has 1 fully saturated rings. The van der Waals surface area contributed by atoms with Gasteiger partial charge in [0.15, 0.2) is 5.78 Å². The van der Waals surface area contributed by atoms with Gasteiger partial charge < -0.3 is 4.57 Å². The molecule has 2 aliphatic rings. The molecule has 1 aromatic heterocycles. The van der Waals surface area contributed by atoms with Crippen molar-refractivity contribution in [2.24, 2.45) is 5.92 Å². The van der Waals surface area contributed by atoms with E-state index in [9.17, 15) is 4.79 Å². The third-order valence-electron chi connectivity index (χ3n) is 4.52. The topological polar surface area (TPSA) is 22.0 Å². The number of Topliss-reactive ketones (excluding diaryl/α,β-unsaturated/α-hetero) is 1. The third kappa shape index (κ3) is 1.94. The van der Waals surface area contributed by atoms with E-state index in [2.05, 4.69) is 17.6 Å². The van der Waals surface area contributed by atoms with Crippen LogP contribution in [0.5, 0.6) is 0 Å². The summed E-state index contributed by atoms with van der Waals surface area (Å²) in [6, 6.07) is 2.11. The van der Waals surface area contributed by atoms with Gasteiger partial charge in [-0.1, -0.05) is 19.3 Å². The highest BCUT2D eigenvalue weighted by Gasteiger charge is 2.23. The van der Waals surface area contributed by atoms with Crippen molar-refractivity contribution < 1.29 is 4.79 Å². The highest BCUT2D eigenvalue weighted by Crippen LogP contribution is 2.31. The minimum atomic E-state index is 0.358. The van der Waals surface area contributed by atoms with Crippen molar-refractivity contribution in [3.05, 3.63) is 23.0 Å². The van der Waals surface area contributed by atoms with Gasteiger partial charge in [0.1, 0.15) is 0 Å². The maximum Gasteiger partial charge on any atom is 0.164 e. The van der Waals surface area contributed by atoms with Crippen LogP contribution in [0.1, 0.15) is 60.3 Å². The minimum Gasteiger partial charge on any atom is -0.348 e. The first-order valence-corrected chi connectivity index (χ1v) is 6.98. The van der Waals surface area contributed by atoms with E-state index in [0.717, 1.165) is 37.3 Å². The van der Waals surface area contributed by atoms with E-state index < -0.39 is 0 Å². The van der Waals surface area contributed by atoms with Crippen LogP contribution in [0.4, 0.5) is 0 Å². The number of hydrogen-bond acceptors (Lipinski definition) is 1. The standard InChI is InChI=1S/C15H21NO/c1-11-10-13-14(6-3-7-15(13)17)16(11)9-8-12-4-2-5-12/h10,12H,2-9H2,1H3. The Morgan fingerprint density at radius 1 is 1.29 bits per heavy atom. The van der Waals surface area contributed by atoms with E-state index in [1.807, 2.05) is 0 Å². The quantitative estimate of drug-likeness (QED) is 0.780. The molecule has 0 saturated heterocycles. The number of aryl methyl sites for hydroxylation is 1. The molecule has 0 aliphatic heterocycles. The molecule has 0 radical (unpaired) electrons. The SMILES string of the molecule is Cc1cc2c(n1CCC1CCC1)CCCC2=O. The van der Waals surface area contributed by atoms with E-state index in [-0.39, 0.29) is 0 Å². The predicted molar refractivity (Wildman–Crippen MR) is 68.4 cm³/mol. The van der Waals surface area contributed by atoms with Crippen LogP contribution >= 0.6 is 0 Å². The molecule has 0 bridgehead atoms. The number of rotatable bonds is 3. The Bertz CT molecular complexity index is 440. The number of hydrogen-bond donors (Lipinski definition) is 0. The second kappa shape index (κ2) is 4.32. The molecule has 1 heterocycles. The largest absolute Gasteiger partial charge is 0.348 e. The van der Waals surface area contributed by atoms with E-state index in [1.165, 1.54) is 37.1 Å². The first-order chi connectivity index (χ1) is 8.25.